The summed E-state index contributed by atoms with van der Waals surface area (Å²) in [4.78, 5) is 14.6. The number of rotatable bonds is 9. The smallest absolute Gasteiger partial charge is 0.339 e. The molecule has 0 radical (unpaired) electrons. The minimum atomic E-state index is -4.15. The minimum absolute atomic E-state index is 0.00957. The highest BCUT2D eigenvalue weighted by Gasteiger charge is 2.23. The highest BCUT2D eigenvalue weighted by molar-refractivity contribution is 7.87. The number of furan rings is 1. The Hall–Kier alpha value is -4.11. The molecular formula is C26H22FNO6S. The number of amides is 1. The summed E-state index contributed by atoms with van der Waals surface area (Å²) in [6, 6.07) is 21.1. The normalized spacial score (nSPS) is 11.1. The van der Waals surface area contributed by atoms with Crippen molar-refractivity contribution in [2.24, 2.45) is 0 Å². The van der Waals surface area contributed by atoms with Gasteiger partial charge in [-0.25, -0.2) is 4.39 Å². The van der Waals surface area contributed by atoms with Gasteiger partial charge in [0.15, 0.2) is 0 Å². The number of hydrogen-bond donors (Lipinski definition) is 0. The maximum Gasteiger partial charge on any atom is 0.339 e. The van der Waals surface area contributed by atoms with Gasteiger partial charge in [0.25, 0.3) is 5.91 Å². The summed E-state index contributed by atoms with van der Waals surface area (Å²) in [5.41, 5.74) is 0.599. The van der Waals surface area contributed by atoms with E-state index in [1.807, 2.05) is 0 Å². The SMILES string of the molecule is COc1ccc(S(=O)(=O)Oc2ccccc2CN(Cc2ccco2)C(=O)c2cccc(F)c2)cc1. The Morgan fingerprint density at radius 2 is 1.71 bits per heavy atom. The molecule has 0 atom stereocenters. The first kappa shape index (κ1) is 24.0. The standard InChI is InChI=1S/C26H22FNO6S/c1-32-22-11-13-24(14-12-22)35(30,31)34-25-10-3-2-6-20(25)17-28(18-23-9-5-15-33-23)26(29)19-7-4-8-21(27)16-19/h2-16H,17-18H2,1H3. The fourth-order valence-corrected chi connectivity index (χ4v) is 4.39. The van der Waals surface area contributed by atoms with E-state index in [2.05, 4.69) is 0 Å². The zero-order chi connectivity index (χ0) is 24.8. The molecule has 0 aliphatic heterocycles. The van der Waals surface area contributed by atoms with Gasteiger partial charge in [0.05, 0.1) is 26.5 Å². The van der Waals surface area contributed by atoms with E-state index in [9.17, 15) is 17.6 Å². The fraction of sp³-hybridized carbons (Fsp3) is 0.115. The van der Waals surface area contributed by atoms with Gasteiger partial charge in [-0.3, -0.25) is 4.79 Å². The second-order valence-electron chi connectivity index (χ2n) is 7.57. The van der Waals surface area contributed by atoms with E-state index in [4.69, 9.17) is 13.3 Å². The predicted molar refractivity (Wildman–Crippen MR) is 126 cm³/mol. The Morgan fingerprint density at radius 3 is 2.40 bits per heavy atom. The van der Waals surface area contributed by atoms with Gasteiger partial charge < -0.3 is 18.2 Å². The first-order chi connectivity index (χ1) is 16.9. The zero-order valence-corrected chi connectivity index (χ0v) is 19.6. The Labute approximate surface area is 202 Å². The third kappa shape index (κ3) is 5.88. The molecule has 0 aliphatic carbocycles. The average Bonchev–Trinajstić information content (AvgIpc) is 3.37. The Balaban J connectivity index is 1.63. The molecule has 0 unspecified atom stereocenters. The maximum atomic E-state index is 13.8. The summed E-state index contributed by atoms with van der Waals surface area (Å²) in [5, 5.41) is 0. The highest BCUT2D eigenvalue weighted by atomic mass is 32.2. The molecule has 0 saturated carbocycles. The zero-order valence-electron chi connectivity index (χ0n) is 18.8. The van der Waals surface area contributed by atoms with E-state index in [-0.39, 0.29) is 29.3 Å². The van der Waals surface area contributed by atoms with E-state index in [0.29, 0.717) is 17.1 Å². The molecule has 3 aromatic carbocycles. The molecule has 35 heavy (non-hydrogen) atoms. The average molecular weight is 496 g/mol. The molecule has 1 amide bonds. The van der Waals surface area contributed by atoms with Crippen molar-refractivity contribution in [3.63, 3.8) is 0 Å². The van der Waals surface area contributed by atoms with E-state index < -0.39 is 21.8 Å². The number of halogens is 1. The second kappa shape index (κ2) is 10.4. The molecule has 0 saturated heterocycles. The highest BCUT2D eigenvalue weighted by Crippen LogP contribution is 2.26. The largest absolute Gasteiger partial charge is 0.497 e. The van der Waals surface area contributed by atoms with Gasteiger partial charge >= 0.3 is 10.1 Å². The topological polar surface area (TPSA) is 86.1 Å². The number of carbonyl (C=O) groups excluding carboxylic acids is 1. The summed E-state index contributed by atoms with van der Waals surface area (Å²) >= 11 is 0. The van der Waals surface area contributed by atoms with Crippen LogP contribution in [0, 0.1) is 5.82 Å². The summed E-state index contributed by atoms with van der Waals surface area (Å²) in [5.74, 6) is 0.101. The van der Waals surface area contributed by atoms with Crippen molar-refractivity contribution in [3.8, 4) is 11.5 Å². The number of methoxy groups -OCH3 is 1. The Kier molecular flexibility index (Phi) is 7.17. The van der Waals surface area contributed by atoms with Crippen LogP contribution in [0.2, 0.25) is 0 Å². The van der Waals surface area contributed by atoms with Crippen LogP contribution in [-0.2, 0) is 23.2 Å². The molecule has 4 rings (SSSR count). The lowest BCUT2D eigenvalue weighted by atomic mass is 10.1. The molecular weight excluding hydrogens is 473 g/mol. The van der Waals surface area contributed by atoms with Crippen LogP contribution >= 0.6 is 0 Å². The molecule has 180 valence electrons. The third-order valence-electron chi connectivity index (χ3n) is 5.17. The molecule has 0 fully saturated rings. The van der Waals surface area contributed by atoms with Gasteiger partial charge in [0, 0.05) is 11.1 Å². The molecule has 0 aliphatic rings. The van der Waals surface area contributed by atoms with Crippen LogP contribution in [0.1, 0.15) is 21.7 Å². The summed E-state index contributed by atoms with van der Waals surface area (Å²) < 4.78 is 55.5. The quantitative estimate of drug-likeness (QED) is 0.303. The van der Waals surface area contributed by atoms with Crippen LogP contribution < -0.4 is 8.92 Å². The van der Waals surface area contributed by atoms with Gasteiger partial charge in [-0.1, -0.05) is 24.3 Å². The molecule has 1 aromatic heterocycles. The van der Waals surface area contributed by atoms with Crippen molar-refractivity contribution in [1.29, 1.82) is 0 Å². The molecule has 1 heterocycles. The van der Waals surface area contributed by atoms with Crippen LogP contribution in [0.25, 0.3) is 0 Å². The second-order valence-corrected chi connectivity index (χ2v) is 9.12. The van der Waals surface area contributed by atoms with Gasteiger partial charge in [-0.15, -0.1) is 0 Å². The summed E-state index contributed by atoms with van der Waals surface area (Å²) in [6.45, 7) is 0.0757. The molecule has 0 N–H and O–H groups in total. The van der Waals surface area contributed by atoms with Crippen molar-refractivity contribution in [3.05, 3.63) is 114 Å². The first-order valence-corrected chi connectivity index (χ1v) is 12.0. The van der Waals surface area contributed by atoms with Crippen LogP contribution in [0.4, 0.5) is 4.39 Å². The van der Waals surface area contributed by atoms with E-state index in [0.717, 1.165) is 6.07 Å². The third-order valence-corrected chi connectivity index (χ3v) is 6.42. The number of ether oxygens (including phenoxy) is 1. The lowest BCUT2D eigenvalue weighted by Crippen LogP contribution is -2.30. The molecule has 7 nitrogen and oxygen atoms in total. The lowest BCUT2D eigenvalue weighted by molar-refractivity contribution is 0.0716. The molecule has 4 aromatic rings. The Morgan fingerprint density at radius 1 is 0.943 bits per heavy atom. The van der Waals surface area contributed by atoms with Gasteiger partial charge in [0.1, 0.15) is 28.0 Å². The van der Waals surface area contributed by atoms with Crippen molar-refractivity contribution >= 4 is 16.0 Å². The van der Waals surface area contributed by atoms with Crippen LogP contribution in [-0.4, -0.2) is 26.3 Å². The Bertz CT molecular complexity index is 1400. The fourth-order valence-electron chi connectivity index (χ4n) is 3.42. The van der Waals surface area contributed by atoms with Gasteiger partial charge in [0.2, 0.25) is 0 Å². The van der Waals surface area contributed by atoms with E-state index in [1.165, 1.54) is 66.8 Å². The van der Waals surface area contributed by atoms with Crippen LogP contribution in [0.3, 0.4) is 0 Å². The van der Waals surface area contributed by atoms with Crippen LogP contribution in [0.5, 0.6) is 11.5 Å². The lowest BCUT2D eigenvalue weighted by Gasteiger charge is -2.23. The van der Waals surface area contributed by atoms with Crippen LogP contribution in [0.15, 0.2) is 101 Å². The number of para-hydroxylation sites is 1. The van der Waals surface area contributed by atoms with E-state index >= 15 is 0 Å². The molecule has 9 heteroatoms. The molecule has 0 spiro atoms. The number of nitrogens with zero attached hydrogens (tertiary/aromatic N) is 1. The monoisotopic (exact) mass is 495 g/mol. The number of benzene rings is 3. The van der Waals surface area contributed by atoms with Crippen molar-refractivity contribution < 1.29 is 30.9 Å². The van der Waals surface area contributed by atoms with Gasteiger partial charge in [-0.2, -0.15) is 8.42 Å². The number of hydrogen-bond acceptors (Lipinski definition) is 6. The molecule has 0 bridgehead atoms. The van der Waals surface area contributed by atoms with Gasteiger partial charge in [-0.05, 0) is 60.7 Å². The first-order valence-electron chi connectivity index (χ1n) is 10.6. The summed E-state index contributed by atoms with van der Waals surface area (Å²) in [7, 11) is -2.67. The minimum Gasteiger partial charge on any atom is -0.497 e. The van der Waals surface area contributed by atoms with E-state index in [1.54, 1.807) is 30.3 Å². The van der Waals surface area contributed by atoms with Crippen molar-refractivity contribution in [2.45, 2.75) is 18.0 Å². The number of carbonyl (C=O) groups is 1. The summed E-state index contributed by atoms with van der Waals surface area (Å²) in [6.07, 6.45) is 1.48. The predicted octanol–water partition coefficient (Wildman–Crippen LogP) is 5.04. The van der Waals surface area contributed by atoms with Crippen molar-refractivity contribution in [1.82, 2.24) is 4.90 Å². The maximum absolute atomic E-state index is 13.8. The van der Waals surface area contributed by atoms with Crippen molar-refractivity contribution in [2.75, 3.05) is 7.11 Å².